The molecule has 0 fully saturated rings. The fraction of sp³-hybridized carbons (Fsp3) is 0.500. The Kier molecular flexibility index (Phi) is 11.2. The van der Waals surface area contributed by atoms with E-state index in [0.29, 0.717) is 13.2 Å². The molecule has 0 saturated carbocycles. The first-order valence-electron chi connectivity index (χ1n) is 12.1. The number of rotatable bonds is 11. The lowest BCUT2D eigenvalue weighted by molar-refractivity contribution is 0.0191. The minimum absolute atomic E-state index is 0.114. The van der Waals surface area contributed by atoms with Gasteiger partial charge in [0, 0.05) is 0 Å². The van der Waals surface area contributed by atoms with Crippen LogP contribution in [-0.4, -0.2) is 48.7 Å². The Morgan fingerprint density at radius 2 is 0.972 bits per heavy atom. The monoisotopic (exact) mass is 500 g/mol. The van der Waals surface area contributed by atoms with Gasteiger partial charge in [-0.3, -0.25) is 0 Å². The van der Waals surface area contributed by atoms with E-state index in [4.69, 9.17) is 18.9 Å². The summed E-state index contributed by atoms with van der Waals surface area (Å²) in [7, 11) is 0. The van der Waals surface area contributed by atoms with E-state index in [2.05, 4.69) is 10.6 Å². The highest BCUT2D eigenvalue weighted by molar-refractivity contribution is 5.70. The third-order valence-electron chi connectivity index (χ3n) is 4.71. The third-order valence-corrected chi connectivity index (χ3v) is 4.71. The Morgan fingerprint density at radius 3 is 1.28 bits per heavy atom. The van der Waals surface area contributed by atoms with E-state index in [0.717, 1.165) is 11.1 Å². The summed E-state index contributed by atoms with van der Waals surface area (Å²) in [5.74, 6) is 0. The first-order valence-corrected chi connectivity index (χ1v) is 12.1. The largest absolute Gasteiger partial charge is 0.444 e. The van der Waals surface area contributed by atoms with Gasteiger partial charge in [-0.2, -0.15) is 0 Å². The van der Waals surface area contributed by atoms with Crippen LogP contribution in [0.5, 0.6) is 0 Å². The van der Waals surface area contributed by atoms with Gasteiger partial charge in [0.2, 0.25) is 0 Å². The number of carbonyl (C=O) groups is 2. The van der Waals surface area contributed by atoms with Crippen LogP contribution in [0.2, 0.25) is 0 Å². The molecule has 8 nitrogen and oxygen atoms in total. The van der Waals surface area contributed by atoms with Crippen LogP contribution in [0.1, 0.15) is 52.7 Å². The first kappa shape index (κ1) is 29.1. The molecule has 0 unspecified atom stereocenters. The average molecular weight is 501 g/mol. The Hall–Kier alpha value is -3.10. The van der Waals surface area contributed by atoms with Crippen molar-refractivity contribution in [2.75, 3.05) is 13.2 Å². The van der Waals surface area contributed by atoms with Gasteiger partial charge in [-0.1, -0.05) is 60.7 Å². The van der Waals surface area contributed by atoms with Gasteiger partial charge in [0.15, 0.2) is 0 Å². The molecule has 0 bridgehead atoms. The summed E-state index contributed by atoms with van der Waals surface area (Å²) in [5, 5.41) is 5.68. The molecule has 8 heteroatoms. The number of carbonyl (C=O) groups excluding carboxylic acids is 2. The summed E-state index contributed by atoms with van der Waals surface area (Å²) in [6, 6.07) is 18.1. The van der Waals surface area contributed by atoms with Crippen LogP contribution in [0.4, 0.5) is 9.59 Å². The van der Waals surface area contributed by atoms with Crippen LogP contribution < -0.4 is 10.6 Å². The fourth-order valence-corrected chi connectivity index (χ4v) is 3.19. The standard InChI is InChI=1S/C28H40N2O6/c1-27(2,3)35-25(31)29-23(19-33-17-21-13-9-7-10-14-21)24(30-26(32)36-28(4,5)6)20-34-18-22-15-11-8-12-16-22/h7-16,23-24H,17-20H2,1-6H3,(H,29,31)(H,30,32)/t23-,24-/m0/s1. The minimum atomic E-state index is -0.683. The van der Waals surface area contributed by atoms with Crippen LogP contribution in [0, 0.1) is 0 Å². The van der Waals surface area contributed by atoms with Gasteiger partial charge < -0.3 is 29.6 Å². The molecular weight excluding hydrogens is 460 g/mol. The van der Waals surface area contributed by atoms with E-state index in [9.17, 15) is 9.59 Å². The normalized spacial score (nSPS) is 13.4. The summed E-state index contributed by atoms with van der Waals surface area (Å²) in [6.45, 7) is 11.6. The van der Waals surface area contributed by atoms with Crippen molar-refractivity contribution in [3.05, 3.63) is 71.8 Å². The van der Waals surface area contributed by atoms with Crippen molar-refractivity contribution in [2.24, 2.45) is 0 Å². The Balaban J connectivity index is 2.15. The van der Waals surface area contributed by atoms with E-state index in [1.807, 2.05) is 60.7 Å². The third kappa shape index (κ3) is 12.6. The number of hydrogen-bond acceptors (Lipinski definition) is 6. The van der Waals surface area contributed by atoms with E-state index < -0.39 is 35.5 Å². The molecule has 0 spiro atoms. The molecule has 36 heavy (non-hydrogen) atoms. The summed E-state index contributed by atoms with van der Waals surface area (Å²) in [6.07, 6.45) is -1.23. The molecule has 198 valence electrons. The second-order valence-corrected chi connectivity index (χ2v) is 10.5. The summed E-state index contributed by atoms with van der Waals surface area (Å²) < 4.78 is 22.7. The van der Waals surface area contributed by atoms with E-state index in [1.54, 1.807) is 41.5 Å². The van der Waals surface area contributed by atoms with Crippen molar-refractivity contribution in [2.45, 2.75) is 78.0 Å². The topological polar surface area (TPSA) is 95.1 Å². The second kappa shape index (κ2) is 13.8. The Labute approximate surface area is 214 Å². The van der Waals surface area contributed by atoms with Crippen molar-refractivity contribution in [1.82, 2.24) is 10.6 Å². The Morgan fingerprint density at radius 1 is 0.639 bits per heavy atom. The maximum Gasteiger partial charge on any atom is 0.408 e. The molecular formula is C28H40N2O6. The maximum atomic E-state index is 12.6. The van der Waals surface area contributed by atoms with Gasteiger partial charge in [-0.15, -0.1) is 0 Å². The summed E-state index contributed by atoms with van der Waals surface area (Å²) in [5.41, 5.74) is 0.616. The highest BCUT2D eigenvalue weighted by Crippen LogP contribution is 2.11. The lowest BCUT2D eigenvalue weighted by atomic mass is 10.1. The smallest absolute Gasteiger partial charge is 0.408 e. The molecule has 0 radical (unpaired) electrons. The number of alkyl carbamates (subject to hydrolysis) is 2. The SMILES string of the molecule is CC(C)(C)OC(=O)N[C@@H](COCc1ccccc1)[C@H](COCc1ccccc1)NC(=O)OC(C)(C)C. The number of hydrogen-bond donors (Lipinski definition) is 2. The highest BCUT2D eigenvalue weighted by atomic mass is 16.6. The number of nitrogens with one attached hydrogen (secondary N) is 2. The molecule has 2 N–H and O–H groups in total. The van der Waals surface area contributed by atoms with Crippen LogP contribution in [0.15, 0.2) is 60.7 Å². The van der Waals surface area contributed by atoms with Gasteiger partial charge in [0.25, 0.3) is 0 Å². The molecule has 0 saturated heterocycles. The Bertz CT molecular complexity index is 845. The quantitative estimate of drug-likeness (QED) is 0.440. The van der Waals surface area contributed by atoms with E-state index in [1.165, 1.54) is 0 Å². The van der Waals surface area contributed by atoms with Crippen LogP contribution in [-0.2, 0) is 32.2 Å². The van der Waals surface area contributed by atoms with Crippen molar-refractivity contribution in [3.8, 4) is 0 Å². The molecule has 0 aliphatic carbocycles. The fourth-order valence-electron chi connectivity index (χ4n) is 3.19. The van der Waals surface area contributed by atoms with Crippen molar-refractivity contribution in [1.29, 1.82) is 0 Å². The van der Waals surface area contributed by atoms with Crippen molar-refractivity contribution >= 4 is 12.2 Å². The zero-order valence-electron chi connectivity index (χ0n) is 22.2. The molecule has 0 aliphatic heterocycles. The summed E-state index contributed by atoms with van der Waals surface area (Å²) in [4.78, 5) is 25.3. The van der Waals surface area contributed by atoms with Gasteiger partial charge in [0.05, 0.1) is 38.5 Å². The molecule has 2 rings (SSSR count). The zero-order valence-corrected chi connectivity index (χ0v) is 22.2. The van der Waals surface area contributed by atoms with E-state index in [-0.39, 0.29) is 13.2 Å². The number of benzene rings is 2. The van der Waals surface area contributed by atoms with Gasteiger partial charge in [0.1, 0.15) is 11.2 Å². The van der Waals surface area contributed by atoms with Gasteiger partial charge in [-0.05, 0) is 52.7 Å². The van der Waals surface area contributed by atoms with Crippen LogP contribution >= 0.6 is 0 Å². The number of ether oxygens (including phenoxy) is 4. The molecule has 0 heterocycles. The van der Waals surface area contributed by atoms with Crippen LogP contribution in [0.25, 0.3) is 0 Å². The second-order valence-electron chi connectivity index (χ2n) is 10.5. The van der Waals surface area contributed by atoms with Crippen LogP contribution in [0.3, 0.4) is 0 Å². The van der Waals surface area contributed by atoms with Gasteiger partial charge >= 0.3 is 12.2 Å². The first-order chi connectivity index (χ1) is 16.9. The summed E-state index contributed by atoms with van der Waals surface area (Å²) >= 11 is 0. The molecule has 0 aromatic heterocycles. The lowest BCUT2D eigenvalue weighted by Crippen LogP contribution is -2.57. The predicted octanol–water partition coefficient (Wildman–Crippen LogP) is 5.21. The molecule has 0 aliphatic rings. The maximum absolute atomic E-state index is 12.6. The molecule has 2 aromatic carbocycles. The van der Waals surface area contributed by atoms with Crippen molar-refractivity contribution in [3.63, 3.8) is 0 Å². The lowest BCUT2D eigenvalue weighted by Gasteiger charge is -2.31. The van der Waals surface area contributed by atoms with Crippen molar-refractivity contribution < 1.29 is 28.5 Å². The molecule has 2 aromatic rings. The molecule has 2 atom stereocenters. The number of amides is 2. The van der Waals surface area contributed by atoms with E-state index >= 15 is 0 Å². The predicted molar refractivity (Wildman–Crippen MR) is 139 cm³/mol. The van der Waals surface area contributed by atoms with Gasteiger partial charge in [-0.25, -0.2) is 9.59 Å². The highest BCUT2D eigenvalue weighted by Gasteiger charge is 2.29. The zero-order chi connectivity index (χ0) is 26.6. The minimum Gasteiger partial charge on any atom is -0.444 e. The average Bonchev–Trinajstić information content (AvgIpc) is 2.77. The molecule has 2 amide bonds.